The number of aromatic nitrogens is 2. The third-order valence-electron chi connectivity index (χ3n) is 7.40. The van der Waals surface area contributed by atoms with Crippen LogP contribution in [0.2, 0.25) is 0 Å². The number of nitrogens with zero attached hydrogens (tertiary/aromatic N) is 4. The summed E-state index contributed by atoms with van der Waals surface area (Å²) in [4.78, 5) is 45.9. The highest BCUT2D eigenvalue weighted by molar-refractivity contribution is 7.98. The predicted molar refractivity (Wildman–Crippen MR) is 170 cm³/mol. The first-order valence-electron chi connectivity index (χ1n) is 14.5. The van der Waals surface area contributed by atoms with Gasteiger partial charge in [0, 0.05) is 31.6 Å². The maximum Gasteiger partial charge on any atom is 0.284 e. The first-order chi connectivity index (χ1) is 21.3. The van der Waals surface area contributed by atoms with Crippen LogP contribution < -0.4 is 5.56 Å². The second-order valence-electron chi connectivity index (χ2n) is 10.3. The van der Waals surface area contributed by atoms with E-state index in [-0.39, 0.29) is 23.8 Å². The lowest BCUT2D eigenvalue weighted by Gasteiger charge is -2.27. The van der Waals surface area contributed by atoms with Gasteiger partial charge in [0.05, 0.1) is 5.56 Å². The molecular weight excluding hydrogens is 582 g/mol. The number of carbonyl (C=O) groups excluding carboxylic acids is 2. The molecular formula is C34H36F2N4O3S. The van der Waals surface area contributed by atoms with Gasteiger partial charge in [0.25, 0.3) is 5.56 Å². The molecule has 0 aliphatic carbocycles. The molecule has 0 saturated heterocycles. The van der Waals surface area contributed by atoms with Crippen LogP contribution in [0.4, 0.5) is 8.78 Å². The number of halogens is 2. The van der Waals surface area contributed by atoms with Crippen molar-refractivity contribution in [3.05, 3.63) is 117 Å². The minimum Gasteiger partial charge on any atom is -0.336 e. The van der Waals surface area contributed by atoms with E-state index in [1.54, 1.807) is 29.2 Å². The molecule has 230 valence electrons. The Morgan fingerprint density at radius 2 is 1.48 bits per heavy atom. The summed E-state index contributed by atoms with van der Waals surface area (Å²) in [5, 5.41) is 0.296. The number of rotatable bonds is 15. The van der Waals surface area contributed by atoms with E-state index in [1.165, 1.54) is 34.7 Å². The predicted octanol–water partition coefficient (Wildman–Crippen LogP) is 5.99. The standard InChI is InChI=1S/C34H36F2N4O3S/c1-3-38(4-2)17-18-39(20-26-7-13-29(14-8-26)28-11-5-25(19-35)6-12-28)32(42)22-40-21-30(23-41)33(43)37-34(40)44-24-27-9-15-31(36)16-10-27/h5-16,21,23H,3-4,17-20,22,24H2,1-2H3. The van der Waals surface area contributed by atoms with Gasteiger partial charge in [-0.2, -0.15) is 4.98 Å². The molecule has 0 unspecified atom stereocenters. The number of carbonyl (C=O) groups is 2. The van der Waals surface area contributed by atoms with Crippen molar-refractivity contribution in [2.24, 2.45) is 0 Å². The Balaban J connectivity index is 1.55. The van der Waals surface area contributed by atoms with Crippen LogP contribution in [-0.4, -0.2) is 57.7 Å². The normalized spacial score (nSPS) is 11.1. The monoisotopic (exact) mass is 618 g/mol. The molecule has 0 atom stereocenters. The Kier molecular flexibility index (Phi) is 12.0. The molecule has 0 radical (unpaired) electrons. The number of alkyl halides is 1. The number of likely N-dealkylation sites (N-methyl/N-ethyl adjacent to an activating group) is 1. The van der Waals surface area contributed by atoms with Gasteiger partial charge in [0.1, 0.15) is 19.0 Å². The van der Waals surface area contributed by atoms with Crippen LogP contribution >= 0.6 is 11.8 Å². The average Bonchev–Trinajstić information content (AvgIpc) is 3.05. The molecule has 0 aliphatic heterocycles. The Labute approximate surface area is 260 Å². The van der Waals surface area contributed by atoms with Gasteiger partial charge in [-0.05, 0) is 53.0 Å². The molecule has 0 saturated carbocycles. The van der Waals surface area contributed by atoms with Crippen LogP contribution in [-0.2, 0) is 30.3 Å². The van der Waals surface area contributed by atoms with Gasteiger partial charge < -0.3 is 14.4 Å². The summed E-state index contributed by atoms with van der Waals surface area (Å²) in [5.41, 5.74) is 3.57. The Bertz CT molecular complexity index is 1590. The van der Waals surface area contributed by atoms with Gasteiger partial charge in [-0.25, -0.2) is 8.78 Å². The van der Waals surface area contributed by atoms with Crippen molar-refractivity contribution < 1.29 is 18.4 Å². The molecule has 7 nitrogen and oxygen atoms in total. The summed E-state index contributed by atoms with van der Waals surface area (Å²) >= 11 is 1.24. The maximum atomic E-state index is 13.8. The molecule has 4 aromatic rings. The van der Waals surface area contributed by atoms with E-state index in [0.29, 0.717) is 42.4 Å². The maximum absolute atomic E-state index is 13.8. The molecule has 0 spiro atoms. The van der Waals surface area contributed by atoms with Crippen molar-refractivity contribution in [2.75, 3.05) is 26.2 Å². The third kappa shape index (κ3) is 8.93. The molecule has 1 heterocycles. The topological polar surface area (TPSA) is 75.5 Å². The summed E-state index contributed by atoms with van der Waals surface area (Å²) in [6.45, 7) is 6.78. The number of benzene rings is 3. The molecule has 1 aromatic heterocycles. The van der Waals surface area contributed by atoms with E-state index in [4.69, 9.17) is 0 Å². The van der Waals surface area contributed by atoms with E-state index >= 15 is 0 Å². The number of hydrogen-bond donors (Lipinski definition) is 0. The van der Waals surface area contributed by atoms with Crippen molar-refractivity contribution in [1.29, 1.82) is 0 Å². The summed E-state index contributed by atoms with van der Waals surface area (Å²) < 4.78 is 27.8. The molecule has 44 heavy (non-hydrogen) atoms. The third-order valence-corrected chi connectivity index (χ3v) is 8.46. The van der Waals surface area contributed by atoms with Crippen LogP contribution in [0.15, 0.2) is 88.9 Å². The largest absolute Gasteiger partial charge is 0.336 e. The lowest BCUT2D eigenvalue weighted by Crippen LogP contribution is -2.40. The number of thioether (sulfide) groups is 1. The first kappa shape index (κ1) is 32.8. The molecule has 0 N–H and O–H groups in total. The van der Waals surface area contributed by atoms with Gasteiger partial charge in [0.2, 0.25) is 5.91 Å². The van der Waals surface area contributed by atoms with E-state index in [0.717, 1.165) is 35.3 Å². The zero-order chi connectivity index (χ0) is 31.5. The second kappa shape index (κ2) is 16.1. The lowest BCUT2D eigenvalue weighted by atomic mass is 10.0. The fourth-order valence-electron chi connectivity index (χ4n) is 4.68. The Morgan fingerprint density at radius 3 is 2.05 bits per heavy atom. The van der Waals surface area contributed by atoms with Crippen molar-refractivity contribution in [3.63, 3.8) is 0 Å². The molecule has 0 fully saturated rings. The van der Waals surface area contributed by atoms with E-state index in [1.807, 2.05) is 36.4 Å². The van der Waals surface area contributed by atoms with E-state index in [9.17, 15) is 23.2 Å². The Hall–Kier alpha value is -4.15. The highest BCUT2D eigenvalue weighted by Gasteiger charge is 2.19. The van der Waals surface area contributed by atoms with E-state index in [2.05, 4.69) is 23.7 Å². The number of amides is 1. The van der Waals surface area contributed by atoms with Crippen LogP contribution in [0.1, 0.15) is 40.9 Å². The van der Waals surface area contributed by atoms with Gasteiger partial charge >= 0.3 is 0 Å². The minimum absolute atomic E-state index is 0.114. The van der Waals surface area contributed by atoms with E-state index < -0.39 is 12.2 Å². The van der Waals surface area contributed by atoms with Gasteiger partial charge in [-0.3, -0.25) is 14.4 Å². The molecule has 0 bridgehead atoms. The number of hydrogen-bond acceptors (Lipinski definition) is 6. The fraction of sp³-hybridized carbons (Fsp3) is 0.294. The highest BCUT2D eigenvalue weighted by Crippen LogP contribution is 2.23. The van der Waals surface area contributed by atoms with Gasteiger partial charge in [-0.15, -0.1) is 0 Å². The van der Waals surface area contributed by atoms with Crippen LogP contribution in [0.3, 0.4) is 0 Å². The SMILES string of the molecule is CCN(CC)CCN(Cc1ccc(-c2ccc(CF)cc2)cc1)C(=O)Cn1cc(C=O)c(=O)nc1SCc1ccc(F)cc1. The lowest BCUT2D eigenvalue weighted by molar-refractivity contribution is -0.132. The van der Waals surface area contributed by atoms with Crippen LogP contribution in [0, 0.1) is 5.82 Å². The summed E-state index contributed by atoms with van der Waals surface area (Å²) in [6, 6.07) is 21.3. The van der Waals surface area contributed by atoms with Crippen molar-refractivity contribution >= 4 is 24.0 Å². The van der Waals surface area contributed by atoms with Crippen LogP contribution in [0.5, 0.6) is 0 Å². The van der Waals surface area contributed by atoms with Crippen molar-refractivity contribution in [1.82, 2.24) is 19.4 Å². The smallest absolute Gasteiger partial charge is 0.284 e. The highest BCUT2D eigenvalue weighted by atomic mass is 32.2. The van der Waals surface area contributed by atoms with Crippen molar-refractivity contribution in [3.8, 4) is 11.1 Å². The molecule has 3 aromatic carbocycles. The van der Waals surface area contributed by atoms with Gasteiger partial charge in [-0.1, -0.05) is 86.3 Å². The first-order valence-corrected chi connectivity index (χ1v) is 15.5. The zero-order valence-corrected chi connectivity index (χ0v) is 25.7. The molecule has 1 amide bonds. The summed E-state index contributed by atoms with van der Waals surface area (Å²) in [6.07, 6.45) is 1.81. The van der Waals surface area contributed by atoms with Crippen LogP contribution in [0.25, 0.3) is 11.1 Å². The second-order valence-corrected chi connectivity index (χ2v) is 11.3. The average molecular weight is 619 g/mol. The summed E-state index contributed by atoms with van der Waals surface area (Å²) in [5.74, 6) is -0.133. The minimum atomic E-state index is -0.664. The fourth-order valence-corrected chi connectivity index (χ4v) is 5.60. The molecule has 10 heteroatoms. The Morgan fingerprint density at radius 1 is 0.886 bits per heavy atom. The van der Waals surface area contributed by atoms with Crippen molar-refractivity contribution in [2.45, 2.75) is 44.5 Å². The zero-order valence-electron chi connectivity index (χ0n) is 24.9. The quantitative estimate of drug-likeness (QED) is 0.0926. The number of aldehydes is 1. The molecule has 0 aliphatic rings. The van der Waals surface area contributed by atoms with Gasteiger partial charge in [0.15, 0.2) is 11.4 Å². The molecule has 4 rings (SSSR count). The summed E-state index contributed by atoms with van der Waals surface area (Å²) in [7, 11) is 0.